The standard InChI is InChI=1S/C15H17N5O.C2H4O2/c16-15-18-13-12(10-8-9(21)4-5-11(10)17-13)14(19-15)20-6-2-1-3-7-20;1-2(3)4/h4-5,8,21H,1-3,6-7H2,(H3,16,17,18,19);1H3,(H,3,4). The van der Waals surface area contributed by atoms with Crippen LogP contribution in [0.15, 0.2) is 18.2 Å². The van der Waals surface area contributed by atoms with Gasteiger partial charge in [-0.15, -0.1) is 0 Å². The van der Waals surface area contributed by atoms with E-state index in [0.29, 0.717) is 0 Å². The van der Waals surface area contributed by atoms with Gasteiger partial charge in [0.25, 0.3) is 5.97 Å². The number of carbonyl (C=O) groups is 1. The van der Waals surface area contributed by atoms with Crippen molar-refractivity contribution in [3.8, 4) is 5.75 Å². The molecule has 3 aromatic rings. The number of nitrogen functional groups attached to an aromatic ring is 1. The molecule has 8 heteroatoms. The van der Waals surface area contributed by atoms with Crippen molar-refractivity contribution >= 4 is 39.7 Å². The van der Waals surface area contributed by atoms with E-state index in [1.807, 2.05) is 6.07 Å². The Balaban J connectivity index is 0.000000415. The highest BCUT2D eigenvalue weighted by atomic mass is 16.4. The summed E-state index contributed by atoms with van der Waals surface area (Å²) >= 11 is 0. The lowest BCUT2D eigenvalue weighted by molar-refractivity contribution is -0.134. The lowest BCUT2D eigenvalue weighted by Gasteiger charge is -2.28. The van der Waals surface area contributed by atoms with Crippen molar-refractivity contribution in [2.24, 2.45) is 0 Å². The second-order valence-corrected chi connectivity index (χ2v) is 6.05. The van der Waals surface area contributed by atoms with E-state index >= 15 is 0 Å². The van der Waals surface area contributed by atoms with E-state index in [1.165, 1.54) is 19.3 Å². The molecule has 0 spiro atoms. The number of piperidine rings is 1. The summed E-state index contributed by atoms with van der Waals surface area (Å²) in [7, 11) is 0. The lowest BCUT2D eigenvalue weighted by Crippen LogP contribution is -2.30. The van der Waals surface area contributed by atoms with Crippen molar-refractivity contribution in [1.29, 1.82) is 0 Å². The highest BCUT2D eigenvalue weighted by Gasteiger charge is 2.19. The van der Waals surface area contributed by atoms with Crippen molar-refractivity contribution in [1.82, 2.24) is 15.0 Å². The number of aliphatic carboxylic acids is 1. The monoisotopic (exact) mass is 343 g/mol. The predicted molar refractivity (Wildman–Crippen MR) is 96.8 cm³/mol. The Kier molecular flexibility index (Phi) is 4.60. The highest BCUT2D eigenvalue weighted by Crippen LogP contribution is 2.34. The number of anilines is 2. The van der Waals surface area contributed by atoms with Crippen LogP contribution in [0.1, 0.15) is 26.2 Å². The zero-order valence-corrected chi connectivity index (χ0v) is 14.0. The second-order valence-electron chi connectivity index (χ2n) is 6.05. The summed E-state index contributed by atoms with van der Waals surface area (Å²) in [5.41, 5.74) is 7.52. The van der Waals surface area contributed by atoms with Crippen molar-refractivity contribution < 1.29 is 15.0 Å². The number of hydrogen-bond donors (Lipinski definition) is 4. The predicted octanol–water partition coefficient (Wildman–Crippen LogP) is 2.48. The molecule has 2 aromatic heterocycles. The Bertz CT molecular complexity index is 911. The van der Waals surface area contributed by atoms with Gasteiger partial charge >= 0.3 is 0 Å². The minimum Gasteiger partial charge on any atom is -0.508 e. The van der Waals surface area contributed by atoms with Gasteiger partial charge in [0.1, 0.15) is 17.2 Å². The Labute approximate surface area is 144 Å². The van der Waals surface area contributed by atoms with Crippen molar-refractivity contribution in [2.75, 3.05) is 23.7 Å². The number of aromatic amines is 1. The van der Waals surface area contributed by atoms with E-state index in [1.54, 1.807) is 12.1 Å². The Morgan fingerprint density at radius 3 is 2.60 bits per heavy atom. The van der Waals surface area contributed by atoms with Crippen LogP contribution in [0.5, 0.6) is 5.75 Å². The number of carboxylic acid groups (broad SMARTS) is 1. The largest absolute Gasteiger partial charge is 0.508 e. The average molecular weight is 343 g/mol. The van der Waals surface area contributed by atoms with Crippen LogP contribution in [0.25, 0.3) is 21.9 Å². The van der Waals surface area contributed by atoms with E-state index in [0.717, 1.165) is 47.8 Å². The molecular formula is C17H21N5O3. The van der Waals surface area contributed by atoms with E-state index in [-0.39, 0.29) is 11.7 Å². The summed E-state index contributed by atoms with van der Waals surface area (Å²) in [5.74, 6) is 0.553. The molecule has 4 rings (SSSR count). The van der Waals surface area contributed by atoms with Gasteiger partial charge in [0.05, 0.1) is 5.39 Å². The molecule has 1 aliphatic rings. The van der Waals surface area contributed by atoms with Crippen LogP contribution in [0.2, 0.25) is 0 Å². The average Bonchev–Trinajstić information content (AvgIpc) is 2.91. The van der Waals surface area contributed by atoms with Gasteiger partial charge in [-0.2, -0.15) is 9.97 Å². The second kappa shape index (κ2) is 6.84. The van der Waals surface area contributed by atoms with Crippen LogP contribution in [0.4, 0.5) is 11.8 Å². The molecule has 0 radical (unpaired) electrons. The maximum atomic E-state index is 9.77. The molecule has 8 nitrogen and oxygen atoms in total. The smallest absolute Gasteiger partial charge is 0.300 e. The summed E-state index contributed by atoms with van der Waals surface area (Å²) in [4.78, 5) is 23.3. The fraction of sp³-hybridized carbons (Fsp3) is 0.353. The summed E-state index contributed by atoms with van der Waals surface area (Å²) < 4.78 is 0. The van der Waals surface area contributed by atoms with Gasteiger partial charge in [0.15, 0.2) is 0 Å². The third kappa shape index (κ3) is 3.57. The minimum atomic E-state index is -0.833. The van der Waals surface area contributed by atoms with Crippen LogP contribution in [0, 0.1) is 0 Å². The highest BCUT2D eigenvalue weighted by molar-refractivity contribution is 6.12. The van der Waals surface area contributed by atoms with Crippen LogP contribution in [0.3, 0.4) is 0 Å². The Morgan fingerprint density at radius 2 is 1.92 bits per heavy atom. The first-order chi connectivity index (χ1) is 12.0. The van der Waals surface area contributed by atoms with Gasteiger partial charge < -0.3 is 25.8 Å². The third-order valence-electron chi connectivity index (χ3n) is 4.09. The van der Waals surface area contributed by atoms with Gasteiger partial charge in [-0.1, -0.05) is 0 Å². The maximum absolute atomic E-state index is 9.77. The first kappa shape index (κ1) is 16.8. The van der Waals surface area contributed by atoms with Gasteiger partial charge in [-0.3, -0.25) is 4.79 Å². The molecule has 1 aliphatic heterocycles. The lowest BCUT2D eigenvalue weighted by atomic mass is 10.1. The Morgan fingerprint density at radius 1 is 1.24 bits per heavy atom. The number of phenols is 1. The van der Waals surface area contributed by atoms with Gasteiger partial charge in [-0.25, -0.2) is 0 Å². The third-order valence-corrected chi connectivity index (χ3v) is 4.09. The Hall–Kier alpha value is -3.03. The number of phenolic OH excluding ortho intramolecular Hbond substituents is 1. The number of rotatable bonds is 1. The number of fused-ring (bicyclic) bond motifs is 3. The molecule has 132 valence electrons. The summed E-state index contributed by atoms with van der Waals surface area (Å²) in [6.07, 6.45) is 3.59. The van der Waals surface area contributed by atoms with E-state index in [9.17, 15) is 5.11 Å². The van der Waals surface area contributed by atoms with Crippen LogP contribution in [-0.4, -0.2) is 44.2 Å². The van der Waals surface area contributed by atoms with Crippen molar-refractivity contribution in [2.45, 2.75) is 26.2 Å². The normalized spacial score (nSPS) is 14.4. The van der Waals surface area contributed by atoms with E-state index in [2.05, 4.69) is 19.9 Å². The number of hydrogen-bond acceptors (Lipinski definition) is 6. The minimum absolute atomic E-state index is 0.241. The number of aromatic nitrogens is 3. The van der Waals surface area contributed by atoms with E-state index < -0.39 is 5.97 Å². The van der Waals surface area contributed by atoms with Crippen LogP contribution in [-0.2, 0) is 4.79 Å². The molecule has 25 heavy (non-hydrogen) atoms. The molecule has 0 aliphatic carbocycles. The first-order valence-corrected chi connectivity index (χ1v) is 8.18. The zero-order valence-electron chi connectivity index (χ0n) is 14.0. The number of benzene rings is 1. The number of carboxylic acids is 1. The molecule has 1 aromatic carbocycles. The van der Waals surface area contributed by atoms with E-state index in [4.69, 9.17) is 15.6 Å². The summed E-state index contributed by atoms with van der Waals surface area (Å²) in [6, 6.07) is 5.26. The SMILES string of the molecule is CC(=O)O.Nc1nc(N2CCCCC2)c2c(n1)[nH]c1ccc(O)cc12. The number of nitrogens with one attached hydrogen (secondary N) is 1. The van der Waals surface area contributed by atoms with Crippen molar-refractivity contribution in [3.63, 3.8) is 0 Å². The molecule has 0 amide bonds. The fourth-order valence-electron chi connectivity index (χ4n) is 3.11. The molecule has 0 bridgehead atoms. The molecule has 0 unspecified atom stereocenters. The molecule has 0 saturated carbocycles. The van der Waals surface area contributed by atoms with Gasteiger partial charge in [0.2, 0.25) is 5.95 Å². The van der Waals surface area contributed by atoms with Crippen molar-refractivity contribution in [3.05, 3.63) is 18.2 Å². The summed E-state index contributed by atoms with van der Waals surface area (Å²) in [6.45, 7) is 3.05. The topological polar surface area (TPSA) is 128 Å². The zero-order chi connectivity index (χ0) is 18.0. The number of nitrogens with zero attached hydrogens (tertiary/aromatic N) is 3. The molecule has 0 atom stereocenters. The quantitative estimate of drug-likeness (QED) is 0.534. The summed E-state index contributed by atoms with van der Waals surface area (Å²) in [5, 5.41) is 19.1. The van der Waals surface area contributed by atoms with Crippen LogP contribution < -0.4 is 10.6 Å². The molecular weight excluding hydrogens is 322 g/mol. The number of nitrogens with two attached hydrogens (primary N) is 1. The number of aromatic hydroxyl groups is 1. The first-order valence-electron chi connectivity index (χ1n) is 8.18. The number of H-pyrrole nitrogens is 1. The van der Waals surface area contributed by atoms with Gasteiger partial charge in [-0.05, 0) is 37.5 Å². The molecule has 3 heterocycles. The molecule has 5 N–H and O–H groups in total. The molecule has 1 saturated heterocycles. The fourth-order valence-corrected chi connectivity index (χ4v) is 3.11. The molecule has 1 fully saturated rings. The van der Waals surface area contributed by atoms with Gasteiger partial charge in [0, 0.05) is 30.9 Å². The maximum Gasteiger partial charge on any atom is 0.300 e. The van der Waals surface area contributed by atoms with Crippen LogP contribution >= 0.6 is 0 Å².